The number of halogens is 2. The summed E-state index contributed by atoms with van der Waals surface area (Å²) in [5.74, 6) is 0.970. The van der Waals surface area contributed by atoms with Crippen molar-refractivity contribution in [2.45, 2.75) is 12.8 Å². The van der Waals surface area contributed by atoms with Gasteiger partial charge in [0.05, 0.1) is 30.6 Å². The summed E-state index contributed by atoms with van der Waals surface area (Å²) in [5.41, 5.74) is 4.46. The van der Waals surface area contributed by atoms with Gasteiger partial charge in [-0.2, -0.15) is 5.10 Å². The smallest absolute Gasteiger partial charge is 0.272 e. The molecule has 1 aromatic heterocycles. The Hall–Kier alpha value is -2.74. The van der Waals surface area contributed by atoms with Gasteiger partial charge in [0.25, 0.3) is 5.91 Å². The summed E-state index contributed by atoms with van der Waals surface area (Å²) in [7, 11) is 4.81. The van der Waals surface area contributed by atoms with E-state index in [2.05, 4.69) is 10.4 Å². The molecule has 0 saturated heterocycles. The van der Waals surface area contributed by atoms with Gasteiger partial charge in [-0.1, -0.05) is 23.2 Å². The van der Waals surface area contributed by atoms with E-state index in [9.17, 15) is 4.79 Å². The zero-order chi connectivity index (χ0) is 22.8. The average molecular weight is 476 g/mol. The van der Waals surface area contributed by atoms with E-state index >= 15 is 0 Å². The summed E-state index contributed by atoms with van der Waals surface area (Å²) in [4.78, 5) is 13.0. The van der Waals surface area contributed by atoms with Gasteiger partial charge in [0, 0.05) is 42.8 Å². The van der Waals surface area contributed by atoms with Crippen molar-refractivity contribution in [3.05, 3.63) is 57.2 Å². The number of nitrogens with one attached hydrogen (secondary N) is 1. The molecule has 1 N–H and O–H groups in total. The van der Waals surface area contributed by atoms with Crippen LogP contribution in [0.4, 0.5) is 0 Å². The van der Waals surface area contributed by atoms with Crippen LogP contribution in [-0.4, -0.2) is 50.2 Å². The second kappa shape index (κ2) is 9.40. The molecule has 32 heavy (non-hydrogen) atoms. The maximum atomic E-state index is 13.0. The van der Waals surface area contributed by atoms with Crippen molar-refractivity contribution in [2.75, 3.05) is 34.5 Å². The van der Waals surface area contributed by atoms with E-state index < -0.39 is 0 Å². The summed E-state index contributed by atoms with van der Waals surface area (Å²) >= 11 is 12.7. The van der Waals surface area contributed by atoms with E-state index in [1.807, 2.05) is 12.1 Å². The van der Waals surface area contributed by atoms with Crippen molar-refractivity contribution in [1.29, 1.82) is 0 Å². The lowest BCUT2D eigenvalue weighted by Crippen LogP contribution is -2.26. The third kappa shape index (κ3) is 4.03. The van der Waals surface area contributed by atoms with E-state index in [4.69, 9.17) is 37.4 Å². The average Bonchev–Trinajstić information content (AvgIpc) is 3.34. The van der Waals surface area contributed by atoms with Gasteiger partial charge in [-0.05, 0) is 42.3 Å². The maximum Gasteiger partial charge on any atom is 0.272 e. The Bertz CT molecular complexity index is 1180. The third-order valence-electron chi connectivity index (χ3n) is 5.38. The minimum atomic E-state index is -0.249. The highest BCUT2D eigenvalue weighted by molar-refractivity contribution is 6.34. The largest absolute Gasteiger partial charge is 0.493 e. The SMILES string of the molecule is COCCCNC(=O)c1nn(-c2cc(Cl)ccc2Cl)c2c1Cc1cc(OC)c(OC)cc1-2. The molecule has 9 heteroatoms. The molecule has 0 spiro atoms. The molecule has 1 aliphatic carbocycles. The fourth-order valence-electron chi connectivity index (χ4n) is 3.88. The molecule has 3 aromatic rings. The second-order valence-corrected chi connectivity index (χ2v) is 8.17. The predicted molar refractivity (Wildman–Crippen MR) is 124 cm³/mol. The number of hydrogen-bond donors (Lipinski definition) is 1. The Morgan fingerprint density at radius 3 is 2.59 bits per heavy atom. The van der Waals surface area contributed by atoms with Gasteiger partial charge in [0.2, 0.25) is 0 Å². The van der Waals surface area contributed by atoms with Gasteiger partial charge in [-0.3, -0.25) is 4.79 Å². The first-order valence-electron chi connectivity index (χ1n) is 10.1. The minimum absolute atomic E-state index is 0.249. The summed E-state index contributed by atoms with van der Waals surface area (Å²) in [6.07, 6.45) is 1.24. The number of fused-ring (bicyclic) bond motifs is 3. The van der Waals surface area contributed by atoms with Gasteiger partial charge in [0.1, 0.15) is 0 Å². The number of carbonyl (C=O) groups is 1. The monoisotopic (exact) mass is 475 g/mol. The molecule has 1 aliphatic rings. The molecule has 0 aliphatic heterocycles. The number of rotatable bonds is 8. The first kappa shape index (κ1) is 22.5. The Morgan fingerprint density at radius 2 is 1.88 bits per heavy atom. The van der Waals surface area contributed by atoms with Gasteiger partial charge in [-0.25, -0.2) is 4.68 Å². The van der Waals surface area contributed by atoms with Crippen LogP contribution in [0.3, 0.4) is 0 Å². The molecular formula is C23H23Cl2N3O4. The quantitative estimate of drug-likeness (QED) is 0.378. The van der Waals surface area contributed by atoms with Crippen LogP contribution in [0.2, 0.25) is 10.0 Å². The first-order chi connectivity index (χ1) is 15.5. The standard InChI is InChI=1S/C23H23Cl2N3O4/c1-30-8-4-7-26-23(29)21-16-9-13-10-19(31-2)20(32-3)12-15(13)22(16)28(27-21)18-11-14(24)5-6-17(18)25/h5-6,10-12H,4,7-9H2,1-3H3,(H,26,29). The molecule has 168 valence electrons. The predicted octanol–water partition coefficient (Wildman–Crippen LogP) is 4.53. The van der Waals surface area contributed by atoms with Crippen LogP contribution >= 0.6 is 23.2 Å². The molecule has 0 radical (unpaired) electrons. The van der Waals surface area contributed by atoms with E-state index in [0.29, 0.717) is 58.9 Å². The lowest BCUT2D eigenvalue weighted by Gasteiger charge is -2.13. The van der Waals surface area contributed by atoms with Gasteiger partial charge in [0.15, 0.2) is 17.2 Å². The van der Waals surface area contributed by atoms with Crippen LogP contribution < -0.4 is 14.8 Å². The number of methoxy groups -OCH3 is 3. The molecule has 2 aromatic carbocycles. The lowest BCUT2D eigenvalue weighted by molar-refractivity contribution is 0.0942. The highest BCUT2D eigenvalue weighted by Gasteiger charge is 2.32. The molecule has 1 amide bonds. The summed E-state index contributed by atoms with van der Waals surface area (Å²) in [5, 5.41) is 8.57. The van der Waals surface area contributed by atoms with Crippen molar-refractivity contribution in [3.8, 4) is 28.4 Å². The molecule has 4 rings (SSSR count). The van der Waals surface area contributed by atoms with E-state index in [1.54, 1.807) is 44.2 Å². The Labute approximate surface area is 196 Å². The zero-order valence-corrected chi connectivity index (χ0v) is 19.5. The van der Waals surface area contributed by atoms with E-state index in [1.165, 1.54) is 0 Å². The van der Waals surface area contributed by atoms with Crippen LogP contribution in [0, 0.1) is 0 Å². The molecule has 0 fully saturated rings. The molecule has 7 nitrogen and oxygen atoms in total. The molecular weight excluding hydrogens is 453 g/mol. The summed E-state index contributed by atoms with van der Waals surface area (Å²) in [6, 6.07) is 8.98. The third-order valence-corrected chi connectivity index (χ3v) is 5.93. The highest BCUT2D eigenvalue weighted by Crippen LogP contribution is 2.45. The summed E-state index contributed by atoms with van der Waals surface area (Å²) < 4.78 is 17.7. The maximum absolute atomic E-state index is 13.0. The van der Waals surface area contributed by atoms with Crippen LogP contribution in [0.15, 0.2) is 30.3 Å². The number of amides is 1. The fraction of sp³-hybridized carbons (Fsp3) is 0.304. The van der Waals surface area contributed by atoms with Crippen molar-refractivity contribution in [3.63, 3.8) is 0 Å². The molecule has 0 saturated carbocycles. The Morgan fingerprint density at radius 1 is 1.12 bits per heavy atom. The van der Waals surface area contributed by atoms with Gasteiger partial charge in [-0.15, -0.1) is 0 Å². The molecule has 0 unspecified atom stereocenters. The highest BCUT2D eigenvalue weighted by atomic mass is 35.5. The number of carbonyl (C=O) groups excluding carboxylic acids is 1. The molecule has 1 heterocycles. The Kier molecular flexibility index (Phi) is 6.60. The number of ether oxygens (including phenoxy) is 3. The van der Waals surface area contributed by atoms with E-state index in [0.717, 1.165) is 22.4 Å². The van der Waals surface area contributed by atoms with Crippen LogP contribution in [0.5, 0.6) is 11.5 Å². The van der Waals surface area contributed by atoms with Gasteiger partial charge < -0.3 is 19.5 Å². The Balaban J connectivity index is 1.85. The van der Waals surface area contributed by atoms with Crippen molar-refractivity contribution >= 4 is 29.1 Å². The number of aromatic nitrogens is 2. The molecule has 0 bridgehead atoms. The van der Waals surface area contributed by atoms with Crippen molar-refractivity contribution < 1.29 is 19.0 Å². The van der Waals surface area contributed by atoms with Crippen LogP contribution in [-0.2, 0) is 11.2 Å². The first-order valence-corrected chi connectivity index (χ1v) is 10.8. The normalized spacial score (nSPS) is 11.8. The number of benzene rings is 2. The van der Waals surface area contributed by atoms with Gasteiger partial charge >= 0.3 is 0 Å². The number of hydrogen-bond acceptors (Lipinski definition) is 5. The summed E-state index contributed by atoms with van der Waals surface area (Å²) in [6.45, 7) is 1.05. The second-order valence-electron chi connectivity index (χ2n) is 7.33. The van der Waals surface area contributed by atoms with Crippen LogP contribution in [0.25, 0.3) is 16.9 Å². The topological polar surface area (TPSA) is 74.6 Å². The van der Waals surface area contributed by atoms with Crippen molar-refractivity contribution in [2.24, 2.45) is 0 Å². The number of nitrogens with zero attached hydrogens (tertiary/aromatic N) is 2. The minimum Gasteiger partial charge on any atom is -0.493 e. The zero-order valence-electron chi connectivity index (χ0n) is 18.0. The van der Waals surface area contributed by atoms with E-state index in [-0.39, 0.29) is 5.91 Å². The van der Waals surface area contributed by atoms with Crippen molar-refractivity contribution in [1.82, 2.24) is 15.1 Å². The lowest BCUT2D eigenvalue weighted by atomic mass is 10.1. The van der Waals surface area contributed by atoms with Crippen LogP contribution in [0.1, 0.15) is 28.0 Å². The molecule has 0 atom stereocenters. The fourth-order valence-corrected chi connectivity index (χ4v) is 4.24.